The van der Waals surface area contributed by atoms with Gasteiger partial charge in [-0.1, -0.05) is 36.4 Å². The highest BCUT2D eigenvalue weighted by Gasteiger charge is 2.15. The van der Waals surface area contributed by atoms with Crippen molar-refractivity contribution in [2.24, 2.45) is 0 Å². The Kier molecular flexibility index (Phi) is 5.67. The highest BCUT2D eigenvalue weighted by molar-refractivity contribution is 5.98. The molecule has 0 aliphatic rings. The molecule has 2 aromatic carbocycles. The van der Waals surface area contributed by atoms with E-state index in [1.165, 1.54) is 0 Å². The zero-order valence-electron chi connectivity index (χ0n) is 21.6. The van der Waals surface area contributed by atoms with E-state index in [9.17, 15) is 4.79 Å². The van der Waals surface area contributed by atoms with Crippen molar-refractivity contribution in [3.63, 3.8) is 0 Å². The Labute approximate surface area is 229 Å². The minimum atomic E-state index is -0.0973. The van der Waals surface area contributed by atoms with Crippen LogP contribution in [0.25, 0.3) is 50.1 Å². The number of hydrogen-bond acceptors (Lipinski definition) is 5. The zero-order valence-corrected chi connectivity index (χ0v) is 21.6. The van der Waals surface area contributed by atoms with Gasteiger partial charge in [-0.05, 0) is 42.8 Å². The molecule has 0 unspecified atom stereocenters. The lowest BCUT2D eigenvalue weighted by molar-refractivity contribution is -0.115. The fraction of sp³-hybridized carbons (Fsp3) is 0.0645. The van der Waals surface area contributed by atoms with Gasteiger partial charge in [0, 0.05) is 46.0 Å². The summed E-state index contributed by atoms with van der Waals surface area (Å²) in [5, 5.41) is 12.5. The molecule has 9 heteroatoms. The number of aromatic amines is 2. The third-order valence-electron chi connectivity index (χ3n) is 6.87. The molecule has 0 radical (unpaired) electrons. The van der Waals surface area contributed by atoms with E-state index >= 15 is 0 Å². The highest BCUT2D eigenvalue weighted by atomic mass is 16.1. The molecule has 7 aromatic rings. The van der Waals surface area contributed by atoms with Crippen molar-refractivity contribution in [1.82, 2.24) is 34.7 Å². The Morgan fingerprint density at radius 3 is 2.65 bits per heavy atom. The number of carbonyl (C=O) groups is 1. The first-order valence-corrected chi connectivity index (χ1v) is 12.9. The summed E-state index contributed by atoms with van der Waals surface area (Å²) in [6.07, 6.45) is 9.31. The normalized spacial score (nSPS) is 11.3. The van der Waals surface area contributed by atoms with Crippen LogP contribution in [0, 0.1) is 6.92 Å². The average molecular weight is 525 g/mol. The summed E-state index contributed by atoms with van der Waals surface area (Å²) in [4.78, 5) is 29.4. The van der Waals surface area contributed by atoms with Gasteiger partial charge in [0.1, 0.15) is 5.69 Å². The molecule has 0 bridgehead atoms. The molecule has 1 amide bonds. The summed E-state index contributed by atoms with van der Waals surface area (Å²) >= 11 is 0. The second-order valence-corrected chi connectivity index (χ2v) is 9.71. The Balaban J connectivity index is 1.21. The summed E-state index contributed by atoms with van der Waals surface area (Å²) in [7, 11) is 0. The number of aryl methyl sites for hydroxylation is 1. The van der Waals surface area contributed by atoms with E-state index in [4.69, 9.17) is 0 Å². The molecular formula is C31H24N8O. The molecule has 5 aromatic heterocycles. The third kappa shape index (κ3) is 4.39. The van der Waals surface area contributed by atoms with Gasteiger partial charge < -0.3 is 14.9 Å². The number of imidazole rings is 1. The second-order valence-electron chi connectivity index (χ2n) is 9.71. The SMILES string of the molecule is Cc1cn(-c2cccc3[nH]c(-c4n[nH]c5ncc(-c6cncc(NC(=O)Cc7ccccc7)c6)cc45)cc23)cn1. The molecule has 0 saturated carbocycles. The number of H-pyrrole nitrogens is 2. The van der Waals surface area contributed by atoms with Crippen LogP contribution in [0.5, 0.6) is 0 Å². The zero-order chi connectivity index (χ0) is 27.1. The van der Waals surface area contributed by atoms with Gasteiger partial charge in [0.15, 0.2) is 5.65 Å². The molecule has 0 saturated heterocycles. The van der Waals surface area contributed by atoms with Gasteiger partial charge in [0.05, 0.1) is 41.7 Å². The van der Waals surface area contributed by atoms with E-state index in [1.807, 2.05) is 78.6 Å². The number of aromatic nitrogens is 7. The van der Waals surface area contributed by atoms with E-state index in [0.29, 0.717) is 17.8 Å². The summed E-state index contributed by atoms with van der Waals surface area (Å²) in [5.41, 5.74) is 8.62. The van der Waals surface area contributed by atoms with Crippen molar-refractivity contribution >= 4 is 33.5 Å². The monoisotopic (exact) mass is 524 g/mol. The number of nitrogens with zero attached hydrogens (tertiary/aromatic N) is 5. The van der Waals surface area contributed by atoms with Crippen LogP contribution in [0.3, 0.4) is 0 Å². The van der Waals surface area contributed by atoms with Gasteiger partial charge in [0.2, 0.25) is 5.91 Å². The van der Waals surface area contributed by atoms with E-state index in [-0.39, 0.29) is 5.91 Å². The van der Waals surface area contributed by atoms with Gasteiger partial charge in [-0.25, -0.2) is 9.97 Å². The lowest BCUT2D eigenvalue weighted by atomic mass is 10.1. The number of rotatable bonds is 6. The quantitative estimate of drug-likeness (QED) is 0.253. The van der Waals surface area contributed by atoms with Gasteiger partial charge in [-0.2, -0.15) is 5.10 Å². The Bertz CT molecular complexity index is 2000. The van der Waals surface area contributed by atoms with Crippen molar-refractivity contribution in [2.45, 2.75) is 13.3 Å². The molecule has 7 rings (SSSR count). The lowest BCUT2D eigenvalue weighted by Gasteiger charge is -2.07. The van der Waals surface area contributed by atoms with Crippen LogP contribution in [0.2, 0.25) is 0 Å². The number of benzene rings is 2. The van der Waals surface area contributed by atoms with E-state index in [2.05, 4.69) is 47.6 Å². The number of amides is 1. The minimum absolute atomic E-state index is 0.0973. The van der Waals surface area contributed by atoms with Crippen LogP contribution in [-0.4, -0.2) is 40.6 Å². The van der Waals surface area contributed by atoms with Gasteiger partial charge in [0.25, 0.3) is 0 Å². The van der Waals surface area contributed by atoms with Crippen LogP contribution in [0.4, 0.5) is 5.69 Å². The summed E-state index contributed by atoms with van der Waals surface area (Å²) < 4.78 is 2.02. The molecule has 0 atom stereocenters. The molecule has 3 N–H and O–H groups in total. The molecule has 0 fully saturated rings. The molecule has 40 heavy (non-hydrogen) atoms. The smallest absolute Gasteiger partial charge is 0.228 e. The standard InChI is InChI=1S/C31H24N8O/c1-19-17-39(18-34-19)28-9-5-8-26-24(28)13-27(36-26)30-25-12-22(15-33-31(25)38-37-30)21-11-23(16-32-14-21)35-29(40)10-20-6-3-2-4-7-20/h2-9,11-18,36H,10H2,1H3,(H,35,40)(H,33,37,38). The molecule has 9 nitrogen and oxygen atoms in total. The van der Waals surface area contributed by atoms with Gasteiger partial charge in [-0.15, -0.1) is 0 Å². The van der Waals surface area contributed by atoms with Gasteiger partial charge in [-0.3, -0.25) is 14.9 Å². The van der Waals surface area contributed by atoms with Crippen LogP contribution in [-0.2, 0) is 11.2 Å². The van der Waals surface area contributed by atoms with E-state index < -0.39 is 0 Å². The van der Waals surface area contributed by atoms with Crippen molar-refractivity contribution in [3.05, 3.63) is 109 Å². The van der Waals surface area contributed by atoms with Crippen molar-refractivity contribution in [2.75, 3.05) is 5.32 Å². The first-order valence-electron chi connectivity index (χ1n) is 12.9. The molecule has 0 aliphatic carbocycles. The number of hydrogen-bond donors (Lipinski definition) is 3. The molecule has 5 heterocycles. The predicted octanol–water partition coefficient (Wildman–Crippen LogP) is 5.84. The highest BCUT2D eigenvalue weighted by Crippen LogP contribution is 2.33. The van der Waals surface area contributed by atoms with Crippen LogP contribution in [0.1, 0.15) is 11.3 Å². The van der Waals surface area contributed by atoms with Crippen molar-refractivity contribution in [3.8, 4) is 28.2 Å². The maximum Gasteiger partial charge on any atom is 0.228 e. The van der Waals surface area contributed by atoms with Crippen LogP contribution in [0.15, 0.2) is 97.8 Å². The fourth-order valence-corrected chi connectivity index (χ4v) is 4.96. The minimum Gasteiger partial charge on any atom is -0.353 e. The van der Waals surface area contributed by atoms with Crippen molar-refractivity contribution in [1.29, 1.82) is 0 Å². The molecule has 0 spiro atoms. The topological polar surface area (TPSA) is 117 Å². The van der Waals surface area contributed by atoms with Crippen LogP contribution < -0.4 is 5.32 Å². The fourth-order valence-electron chi connectivity index (χ4n) is 4.96. The van der Waals surface area contributed by atoms with Crippen LogP contribution >= 0.6 is 0 Å². The predicted molar refractivity (Wildman–Crippen MR) is 155 cm³/mol. The number of pyridine rings is 2. The lowest BCUT2D eigenvalue weighted by Crippen LogP contribution is -2.14. The number of fused-ring (bicyclic) bond motifs is 2. The average Bonchev–Trinajstić information content (AvgIpc) is 3.71. The van der Waals surface area contributed by atoms with E-state index in [1.54, 1.807) is 18.6 Å². The summed E-state index contributed by atoms with van der Waals surface area (Å²) in [6, 6.07) is 21.8. The number of carbonyl (C=O) groups excluding carboxylic acids is 1. The summed E-state index contributed by atoms with van der Waals surface area (Å²) in [5.74, 6) is -0.0973. The maximum absolute atomic E-state index is 12.6. The largest absolute Gasteiger partial charge is 0.353 e. The third-order valence-corrected chi connectivity index (χ3v) is 6.87. The second kappa shape index (κ2) is 9.63. The molecule has 0 aliphatic heterocycles. The first-order chi connectivity index (χ1) is 19.6. The number of anilines is 1. The molecule has 194 valence electrons. The van der Waals surface area contributed by atoms with E-state index in [0.717, 1.165) is 55.7 Å². The maximum atomic E-state index is 12.6. The van der Waals surface area contributed by atoms with Gasteiger partial charge >= 0.3 is 0 Å². The Hall–Kier alpha value is -5.57. The summed E-state index contributed by atoms with van der Waals surface area (Å²) in [6.45, 7) is 1.98. The first kappa shape index (κ1) is 23.5. The Morgan fingerprint density at radius 2 is 1.80 bits per heavy atom. The molecular weight excluding hydrogens is 500 g/mol. The van der Waals surface area contributed by atoms with Crippen molar-refractivity contribution < 1.29 is 4.79 Å². The Morgan fingerprint density at radius 1 is 0.925 bits per heavy atom. The number of nitrogens with one attached hydrogen (secondary N) is 3.